The number of hydrogen-bond donors (Lipinski definition) is 0. The normalized spacial score (nSPS) is 15.2. The molecule has 0 unspecified atom stereocenters. The smallest absolute Gasteiger partial charge is 0.245 e. The van der Waals surface area contributed by atoms with E-state index in [0.29, 0.717) is 0 Å². The predicted octanol–water partition coefficient (Wildman–Crippen LogP) is 2.14. The van der Waals surface area contributed by atoms with Crippen LogP contribution in [0.25, 0.3) is 11.3 Å². The molecule has 2 aromatic rings. The van der Waals surface area contributed by atoms with Gasteiger partial charge in [-0.15, -0.1) is 10.2 Å². The Morgan fingerprint density at radius 3 is 2.35 bits per heavy atom. The molecule has 4 heteroatoms. The minimum absolute atomic E-state index is 0.752. The third-order valence-electron chi connectivity index (χ3n) is 3.01. The first-order chi connectivity index (χ1) is 8.43. The summed E-state index contributed by atoms with van der Waals surface area (Å²) >= 11 is 0. The zero-order valence-electron chi connectivity index (χ0n) is 9.58. The third kappa shape index (κ3) is 2.11. The molecule has 1 saturated heterocycles. The summed E-state index contributed by atoms with van der Waals surface area (Å²) in [6, 6.07) is 10.0. The molecule has 0 aliphatic carbocycles. The monoisotopic (exact) mass is 226 g/mol. The Kier molecular flexibility index (Phi) is 2.69. The van der Waals surface area contributed by atoms with Crippen LogP contribution in [0.1, 0.15) is 12.8 Å². The van der Waals surface area contributed by atoms with Gasteiger partial charge in [-0.2, -0.15) is 0 Å². The van der Waals surface area contributed by atoms with Gasteiger partial charge in [0, 0.05) is 18.7 Å². The zero-order chi connectivity index (χ0) is 11.5. The summed E-state index contributed by atoms with van der Waals surface area (Å²) in [7, 11) is 0. The summed E-state index contributed by atoms with van der Waals surface area (Å²) in [4.78, 5) is 6.57. The number of nitrogens with zero attached hydrogens (tertiary/aromatic N) is 4. The van der Waals surface area contributed by atoms with Gasteiger partial charge in [-0.1, -0.05) is 30.3 Å². The fourth-order valence-corrected chi connectivity index (χ4v) is 2.07. The van der Waals surface area contributed by atoms with Crippen LogP contribution in [0.2, 0.25) is 0 Å². The summed E-state index contributed by atoms with van der Waals surface area (Å²) in [5.41, 5.74) is 1.88. The quantitative estimate of drug-likeness (QED) is 0.786. The molecule has 0 N–H and O–H groups in total. The average Bonchev–Trinajstić information content (AvgIpc) is 2.94. The fourth-order valence-electron chi connectivity index (χ4n) is 2.07. The van der Waals surface area contributed by atoms with Crippen LogP contribution in [0.3, 0.4) is 0 Å². The highest BCUT2D eigenvalue weighted by molar-refractivity contribution is 5.57. The van der Waals surface area contributed by atoms with Crippen molar-refractivity contribution in [1.82, 2.24) is 15.2 Å². The minimum atomic E-state index is 0.752. The Morgan fingerprint density at radius 2 is 1.71 bits per heavy atom. The number of aromatic nitrogens is 3. The maximum Gasteiger partial charge on any atom is 0.245 e. The number of anilines is 1. The van der Waals surface area contributed by atoms with E-state index in [2.05, 4.69) is 20.1 Å². The lowest BCUT2D eigenvalue weighted by Gasteiger charge is -2.13. The summed E-state index contributed by atoms with van der Waals surface area (Å²) < 4.78 is 0. The molecule has 0 saturated carbocycles. The van der Waals surface area contributed by atoms with E-state index >= 15 is 0 Å². The minimum Gasteiger partial charge on any atom is -0.340 e. The maximum absolute atomic E-state index is 4.39. The van der Waals surface area contributed by atoms with Crippen LogP contribution in [0.15, 0.2) is 36.5 Å². The Balaban J connectivity index is 1.85. The van der Waals surface area contributed by atoms with Crippen molar-refractivity contribution >= 4 is 5.95 Å². The van der Waals surface area contributed by atoms with Crippen molar-refractivity contribution in [3.63, 3.8) is 0 Å². The first-order valence-electron chi connectivity index (χ1n) is 5.93. The van der Waals surface area contributed by atoms with E-state index in [1.807, 2.05) is 30.3 Å². The molecule has 0 radical (unpaired) electrons. The molecule has 1 aromatic heterocycles. The van der Waals surface area contributed by atoms with Gasteiger partial charge in [-0.25, -0.2) is 4.98 Å². The van der Waals surface area contributed by atoms with Gasteiger partial charge < -0.3 is 4.90 Å². The number of hydrogen-bond acceptors (Lipinski definition) is 4. The molecule has 4 nitrogen and oxygen atoms in total. The zero-order valence-corrected chi connectivity index (χ0v) is 9.58. The second-order valence-corrected chi connectivity index (χ2v) is 4.20. The molecule has 17 heavy (non-hydrogen) atoms. The van der Waals surface area contributed by atoms with E-state index in [-0.39, 0.29) is 0 Å². The Labute approximate surface area is 100 Å². The second kappa shape index (κ2) is 4.49. The molecule has 0 atom stereocenters. The summed E-state index contributed by atoms with van der Waals surface area (Å²) in [5.74, 6) is 0.752. The fraction of sp³-hybridized carbons (Fsp3) is 0.308. The molecule has 0 spiro atoms. The van der Waals surface area contributed by atoms with Crippen LogP contribution in [-0.4, -0.2) is 28.3 Å². The van der Waals surface area contributed by atoms with Crippen LogP contribution in [0.5, 0.6) is 0 Å². The lowest BCUT2D eigenvalue weighted by atomic mass is 10.2. The summed E-state index contributed by atoms with van der Waals surface area (Å²) in [5, 5.41) is 8.44. The van der Waals surface area contributed by atoms with Crippen molar-refractivity contribution in [3.05, 3.63) is 36.5 Å². The average molecular weight is 226 g/mol. The number of benzene rings is 1. The Hall–Kier alpha value is -1.97. The summed E-state index contributed by atoms with van der Waals surface area (Å²) in [6.07, 6.45) is 4.25. The van der Waals surface area contributed by atoms with Crippen LogP contribution >= 0.6 is 0 Å². The second-order valence-electron chi connectivity index (χ2n) is 4.20. The van der Waals surface area contributed by atoms with Gasteiger partial charge in [-0.3, -0.25) is 0 Å². The molecule has 0 bridgehead atoms. The Morgan fingerprint density at radius 1 is 0.941 bits per heavy atom. The standard InChI is InChI=1S/C13H14N4/c1-2-6-11(7-3-1)12-10-14-13(16-15-12)17-8-4-5-9-17/h1-3,6-7,10H,4-5,8-9H2. The van der Waals surface area contributed by atoms with Crippen molar-refractivity contribution in [1.29, 1.82) is 0 Å². The van der Waals surface area contributed by atoms with Gasteiger partial charge >= 0.3 is 0 Å². The molecule has 86 valence electrons. The van der Waals surface area contributed by atoms with Gasteiger partial charge in [0.15, 0.2) is 0 Å². The van der Waals surface area contributed by atoms with Crippen LogP contribution < -0.4 is 4.90 Å². The van der Waals surface area contributed by atoms with E-state index in [9.17, 15) is 0 Å². The van der Waals surface area contributed by atoms with Crippen LogP contribution in [-0.2, 0) is 0 Å². The Bertz CT molecular complexity index is 475. The van der Waals surface area contributed by atoms with Gasteiger partial charge in [0.25, 0.3) is 0 Å². The maximum atomic E-state index is 4.39. The van der Waals surface area contributed by atoms with Gasteiger partial charge in [0.2, 0.25) is 5.95 Å². The lowest BCUT2D eigenvalue weighted by Crippen LogP contribution is -2.20. The van der Waals surface area contributed by atoms with Gasteiger partial charge in [-0.05, 0) is 12.8 Å². The van der Waals surface area contributed by atoms with Crippen molar-refractivity contribution in [2.45, 2.75) is 12.8 Å². The van der Waals surface area contributed by atoms with E-state index < -0.39 is 0 Å². The van der Waals surface area contributed by atoms with Crippen molar-refractivity contribution < 1.29 is 0 Å². The molecular formula is C13H14N4. The molecular weight excluding hydrogens is 212 g/mol. The van der Waals surface area contributed by atoms with Crippen LogP contribution in [0.4, 0.5) is 5.95 Å². The first-order valence-corrected chi connectivity index (χ1v) is 5.93. The van der Waals surface area contributed by atoms with Crippen molar-refractivity contribution in [2.24, 2.45) is 0 Å². The van der Waals surface area contributed by atoms with Crippen molar-refractivity contribution in [2.75, 3.05) is 18.0 Å². The molecule has 1 fully saturated rings. The molecule has 1 aliphatic rings. The van der Waals surface area contributed by atoms with Crippen molar-refractivity contribution in [3.8, 4) is 11.3 Å². The van der Waals surface area contributed by atoms with Crippen LogP contribution in [0, 0.1) is 0 Å². The third-order valence-corrected chi connectivity index (χ3v) is 3.01. The van der Waals surface area contributed by atoms with Gasteiger partial charge in [0.1, 0.15) is 5.69 Å². The highest BCUT2D eigenvalue weighted by atomic mass is 15.3. The molecule has 0 amide bonds. The van der Waals surface area contributed by atoms with E-state index in [1.54, 1.807) is 6.20 Å². The largest absolute Gasteiger partial charge is 0.340 e. The molecule has 2 heterocycles. The molecule has 1 aliphatic heterocycles. The van der Waals surface area contributed by atoms with E-state index in [4.69, 9.17) is 0 Å². The molecule has 1 aromatic carbocycles. The summed E-state index contributed by atoms with van der Waals surface area (Å²) in [6.45, 7) is 2.10. The highest BCUT2D eigenvalue weighted by Gasteiger charge is 2.15. The van der Waals surface area contributed by atoms with E-state index in [1.165, 1.54) is 12.8 Å². The predicted molar refractivity (Wildman–Crippen MR) is 66.7 cm³/mol. The highest BCUT2D eigenvalue weighted by Crippen LogP contribution is 2.18. The first kappa shape index (κ1) is 10.2. The van der Waals surface area contributed by atoms with Gasteiger partial charge in [0.05, 0.1) is 6.20 Å². The SMILES string of the molecule is c1ccc(-c2cnc(N3CCCC3)nn2)cc1. The van der Waals surface area contributed by atoms with E-state index in [0.717, 1.165) is 30.3 Å². The molecule has 3 rings (SSSR count). The topological polar surface area (TPSA) is 41.9 Å². The number of rotatable bonds is 2. The lowest BCUT2D eigenvalue weighted by molar-refractivity contribution is 0.853.